The van der Waals surface area contributed by atoms with Gasteiger partial charge in [0.05, 0.1) is 0 Å². The van der Waals surface area contributed by atoms with Crippen LogP contribution in [0.1, 0.15) is 33.6 Å². The first kappa shape index (κ1) is 10.4. The van der Waals surface area contributed by atoms with Crippen LogP contribution in [-0.4, -0.2) is 17.4 Å². The van der Waals surface area contributed by atoms with Gasteiger partial charge >= 0.3 is 0 Å². The number of hydrogen-bond acceptors (Lipinski definition) is 1. The summed E-state index contributed by atoms with van der Waals surface area (Å²) in [7, 11) is 0. The second-order valence-corrected chi connectivity index (χ2v) is 4.70. The number of nitrogens with one attached hydrogen (secondary N) is 1. The first-order valence-corrected chi connectivity index (χ1v) is 4.39. The van der Waals surface area contributed by atoms with Crippen molar-refractivity contribution in [2.24, 2.45) is 5.92 Å². The fourth-order valence-corrected chi connectivity index (χ4v) is 1.32. The molecule has 0 heterocycles. The molecule has 1 fully saturated rings. The summed E-state index contributed by atoms with van der Waals surface area (Å²) in [4.78, 5) is 11.3. The molecular formula is C9H15F2NO. The van der Waals surface area contributed by atoms with E-state index >= 15 is 0 Å². The van der Waals surface area contributed by atoms with Crippen molar-refractivity contribution in [3.8, 4) is 0 Å². The molecule has 13 heavy (non-hydrogen) atoms. The molecule has 76 valence electrons. The molecule has 0 aliphatic heterocycles. The Balaban J connectivity index is 2.36. The van der Waals surface area contributed by atoms with E-state index in [1.54, 1.807) is 0 Å². The zero-order chi connectivity index (χ0) is 10.3. The zero-order valence-corrected chi connectivity index (χ0v) is 8.16. The third kappa shape index (κ3) is 2.94. The smallest absolute Gasteiger partial charge is 0.249 e. The van der Waals surface area contributed by atoms with E-state index < -0.39 is 11.8 Å². The second-order valence-electron chi connectivity index (χ2n) is 4.70. The number of carbonyl (C=O) groups is 1. The summed E-state index contributed by atoms with van der Waals surface area (Å²) >= 11 is 0. The minimum atomic E-state index is -2.61. The molecule has 0 atom stereocenters. The average molecular weight is 191 g/mol. The van der Waals surface area contributed by atoms with Gasteiger partial charge in [0.2, 0.25) is 11.8 Å². The van der Waals surface area contributed by atoms with Crippen molar-refractivity contribution in [2.75, 3.05) is 0 Å². The summed E-state index contributed by atoms with van der Waals surface area (Å²) in [5.41, 5.74) is -0.331. The lowest BCUT2D eigenvalue weighted by atomic mass is 9.80. The number of alkyl halides is 2. The molecule has 0 radical (unpaired) electrons. The molecule has 1 amide bonds. The van der Waals surface area contributed by atoms with Crippen molar-refractivity contribution in [3.63, 3.8) is 0 Å². The van der Waals surface area contributed by atoms with Crippen molar-refractivity contribution >= 4 is 5.91 Å². The highest BCUT2D eigenvalue weighted by atomic mass is 19.3. The number of hydrogen-bond donors (Lipinski definition) is 1. The summed E-state index contributed by atoms with van der Waals surface area (Å²) in [6.07, 6.45) is -0.593. The summed E-state index contributed by atoms with van der Waals surface area (Å²) in [5, 5.41) is 2.69. The Morgan fingerprint density at radius 1 is 1.38 bits per heavy atom. The first-order chi connectivity index (χ1) is 5.70. The van der Waals surface area contributed by atoms with Gasteiger partial charge in [-0.25, -0.2) is 8.78 Å². The highest BCUT2D eigenvalue weighted by molar-refractivity contribution is 5.80. The van der Waals surface area contributed by atoms with Gasteiger partial charge in [0.15, 0.2) is 0 Å². The third-order valence-corrected chi connectivity index (χ3v) is 1.96. The minimum Gasteiger partial charge on any atom is -0.351 e. The molecule has 0 saturated heterocycles. The Kier molecular flexibility index (Phi) is 2.34. The van der Waals surface area contributed by atoms with Gasteiger partial charge in [-0.05, 0) is 20.8 Å². The fourth-order valence-electron chi connectivity index (χ4n) is 1.32. The lowest BCUT2D eigenvalue weighted by Gasteiger charge is -2.35. The highest BCUT2D eigenvalue weighted by Crippen LogP contribution is 2.42. The summed E-state index contributed by atoms with van der Waals surface area (Å²) < 4.78 is 24.8. The predicted molar refractivity (Wildman–Crippen MR) is 45.6 cm³/mol. The van der Waals surface area contributed by atoms with Gasteiger partial charge in [0.1, 0.15) is 0 Å². The van der Waals surface area contributed by atoms with Crippen LogP contribution in [0.2, 0.25) is 0 Å². The van der Waals surface area contributed by atoms with E-state index in [0.29, 0.717) is 0 Å². The van der Waals surface area contributed by atoms with Crippen molar-refractivity contribution in [1.29, 1.82) is 0 Å². The lowest BCUT2D eigenvalue weighted by molar-refractivity contribution is -0.151. The van der Waals surface area contributed by atoms with Crippen molar-refractivity contribution < 1.29 is 13.6 Å². The molecule has 1 rings (SSSR count). The SMILES string of the molecule is CC(C)(C)NC(=O)C1CC(F)(F)C1. The van der Waals surface area contributed by atoms with Crippen LogP contribution in [-0.2, 0) is 4.79 Å². The third-order valence-electron chi connectivity index (χ3n) is 1.96. The second kappa shape index (κ2) is 2.93. The Bertz CT molecular complexity index is 212. The van der Waals surface area contributed by atoms with Gasteiger partial charge in [0.25, 0.3) is 0 Å². The van der Waals surface area contributed by atoms with Crippen LogP contribution < -0.4 is 5.32 Å². The molecule has 0 spiro atoms. The van der Waals surface area contributed by atoms with Crippen LogP contribution >= 0.6 is 0 Å². The van der Waals surface area contributed by atoms with Crippen molar-refractivity contribution in [2.45, 2.75) is 45.1 Å². The van der Waals surface area contributed by atoms with Crippen LogP contribution in [0.15, 0.2) is 0 Å². The lowest BCUT2D eigenvalue weighted by Crippen LogP contribution is -2.50. The number of halogens is 2. The average Bonchev–Trinajstić information content (AvgIpc) is 1.77. The maximum Gasteiger partial charge on any atom is 0.249 e. The van der Waals surface area contributed by atoms with Gasteiger partial charge in [-0.15, -0.1) is 0 Å². The van der Waals surface area contributed by atoms with E-state index in [0.717, 1.165) is 0 Å². The number of amides is 1. The zero-order valence-electron chi connectivity index (χ0n) is 8.16. The number of carbonyl (C=O) groups excluding carboxylic acids is 1. The molecule has 1 saturated carbocycles. The molecule has 2 nitrogen and oxygen atoms in total. The normalized spacial score (nSPS) is 22.2. The van der Waals surface area contributed by atoms with E-state index in [9.17, 15) is 13.6 Å². The maximum absolute atomic E-state index is 12.4. The van der Waals surface area contributed by atoms with Crippen LogP contribution in [0.5, 0.6) is 0 Å². The van der Waals surface area contributed by atoms with Crippen molar-refractivity contribution in [1.82, 2.24) is 5.32 Å². The van der Waals surface area contributed by atoms with E-state index in [1.807, 2.05) is 20.8 Å². The standard InChI is InChI=1S/C9H15F2NO/c1-8(2,3)12-7(13)6-4-9(10,11)5-6/h6H,4-5H2,1-3H3,(H,12,13). The molecular weight excluding hydrogens is 176 g/mol. The van der Waals surface area contributed by atoms with Crippen LogP contribution in [0.4, 0.5) is 8.78 Å². The minimum absolute atomic E-state index is 0.251. The van der Waals surface area contributed by atoms with Crippen LogP contribution in [0, 0.1) is 5.92 Å². The predicted octanol–water partition coefficient (Wildman–Crippen LogP) is 1.95. The molecule has 1 N–H and O–H groups in total. The van der Waals surface area contributed by atoms with Crippen LogP contribution in [0.3, 0.4) is 0 Å². The molecule has 1 aliphatic carbocycles. The first-order valence-electron chi connectivity index (χ1n) is 4.39. The molecule has 0 aromatic rings. The van der Waals surface area contributed by atoms with Crippen molar-refractivity contribution in [3.05, 3.63) is 0 Å². The quantitative estimate of drug-likeness (QED) is 0.674. The van der Waals surface area contributed by atoms with E-state index in [-0.39, 0.29) is 24.3 Å². The molecule has 0 bridgehead atoms. The Morgan fingerprint density at radius 2 is 1.85 bits per heavy atom. The van der Waals surface area contributed by atoms with Gasteiger partial charge < -0.3 is 5.32 Å². The maximum atomic E-state index is 12.4. The molecule has 1 aliphatic rings. The topological polar surface area (TPSA) is 29.1 Å². The summed E-state index contributed by atoms with van der Waals surface area (Å²) in [6, 6.07) is 0. The van der Waals surface area contributed by atoms with E-state index in [4.69, 9.17) is 0 Å². The van der Waals surface area contributed by atoms with Gasteiger partial charge in [-0.2, -0.15) is 0 Å². The number of rotatable bonds is 1. The fraction of sp³-hybridized carbons (Fsp3) is 0.889. The van der Waals surface area contributed by atoms with E-state index in [1.165, 1.54) is 0 Å². The van der Waals surface area contributed by atoms with Gasteiger partial charge in [0, 0.05) is 24.3 Å². The van der Waals surface area contributed by atoms with Gasteiger partial charge in [-0.1, -0.05) is 0 Å². The molecule has 0 unspecified atom stereocenters. The largest absolute Gasteiger partial charge is 0.351 e. The van der Waals surface area contributed by atoms with Crippen LogP contribution in [0.25, 0.3) is 0 Å². The van der Waals surface area contributed by atoms with Gasteiger partial charge in [-0.3, -0.25) is 4.79 Å². The summed E-state index contributed by atoms with van der Waals surface area (Å²) in [6.45, 7) is 5.51. The Morgan fingerprint density at radius 3 is 2.15 bits per heavy atom. The molecule has 0 aromatic carbocycles. The molecule has 0 aromatic heterocycles. The monoisotopic (exact) mass is 191 g/mol. The highest BCUT2D eigenvalue weighted by Gasteiger charge is 2.49. The summed E-state index contributed by atoms with van der Waals surface area (Å²) in [5.74, 6) is -3.35. The van der Waals surface area contributed by atoms with E-state index in [2.05, 4.69) is 5.32 Å². The Labute approximate surface area is 76.7 Å². The molecule has 4 heteroatoms. The Hall–Kier alpha value is -0.670.